The highest BCUT2D eigenvalue weighted by atomic mass is 16.2. The van der Waals surface area contributed by atoms with Crippen molar-refractivity contribution in [1.29, 1.82) is 0 Å². The number of likely N-dealkylation sites (N-methyl/N-ethyl adjacent to an activating group) is 1. The second-order valence-electron chi connectivity index (χ2n) is 6.91. The molecule has 0 aliphatic heterocycles. The predicted molar refractivity (Wildman–Crippen MR) is 112 cm³/mol. The number of hydrogen-bond donors (Lipinski definition) is 2. The van der Waals surface area contributed by atoms with Crippen molar-refractivity contribution < 1.29 is 9.90 Å². The van der Waals surface area contributed by atoms with Gasteiger partial charge in [-0.3, -0.25) is 9.69 Å². The Hall–Kier alpha value is -1.81. The number of carbonyl (C=O) groups is 1. The van der Waals surface area contributed by atoms with Crippen molar-refractivity contribution in [2.24, 2.45) is 5.92 Å². The zero-order chi connectivity index (χ0) is 20.1. The molecule has 2 unspecified atom stereocenters. The Morgan fingerprint density at radius 1 is 1.23 bits per heavy atom. The van der Waals surface area contributed by atoms with Crippen molar-refractivity contribution in [2.45, 2.75) is 60.4 Å². The van der Waals surface area contributed by atoms with Gasteiger partial charge in [-0.1, -0.05) is 31.6 Å². The Morgan fingerprint density at radius 3 is 2.38 bits per heavy atom. The lowest BCUT2D eigenvalue weighted by Crippen LogP contribution is -2.39. The molecule has 2 atom stereocenters. The fourth-order valence-corrected chi connectivity index (χ4v) is 2.96. The van der Waals surface area contributed by atoms with Crippen LogP contribution in [0.1, 0.15) is 54.4 Å². The molecule has 0 bridgehead atoms. The van der Waals surface area contributed by atoms with E-state index in [0.717, 1.165) is 36.8 Å². The maximum atomic E-state index is 12.0. The summed E-state index contributed by atoms with van der Waals surface area (Å²) in [5.41, 5.74) is 2.99. The van der Waals surface area contributed by atoms with Crippen LogP contribution in [-0.4, -0.2) is 42.1 Å². The summed E-state index contributed by atoms with van der Waals surface area (Å²) in [6.07, 6.45) is 10.9. The Bertz CT molecular complexity index is 544. The largest absolute Gasteiger partial charge is 0.516 e. The molecule has 4 nitrogen and oxygen atoms in total. The SMILES string of the molecule is C\C=C/C(=C(C)\C=C\O)C(C)N(C)CC(CCC)CNC(=O)/C(C)=C/C. The van der Waals surface area contributed by atoms with Crippen LogP contribution in [0.5, 0.6) is 0 Å². The fraction of sp³-hybridized carbons (Fsp3) is 0.591. The lowest BCUT2D eigenvalue weighted by Gasteiger charge is -2.31. The van der Waals surface area contributed by atoms with E-state index in [0.29, 0.717) is 12.5 Å². The van der Waals surface area contributed by atoms with E-state index >= 15 is 0 Å². The molecule has 0 aliphatic rings. The van der Waals surface area contributed by atoms with Gasteiger partial charge in [0, 0.05) is 24.7 Å². The van der Waals surface area contributed by atoms with Gasteiger partial charge in [0.1, 0.15) is 0 Å². The Balaban J connectivity index is 5.09. The second kappa shape index (κ2) is 13.4. The molecule has 0 fully saturated rings. The first-order valence-corrected chi connectivity index (χ1v) is 9.57. The van der Waals surface area contributed by atoms with Crippen molar-refractivity contribution in [3.63, 3.8) is 0 Å². The summed E-state index contributed by atoms with van der Waals surface area (Å²) >= 11 is 0. The van der Waals surface area contributed by atoms with E-state index in [-0.39, 0.29) is 11.9 Å². The van der Waals surface area contributed by atoms with Gasteiger partial charge in [0.15, 0.2) is 0 Å². The van der Waals surface area contributed by atoms with Crippen LogP contribution in [0.4, 0.5) is 0 Å². The number of carbonyl (C=O) groups excluding carboxylic acids is 1. The van der Waals surface area contributed by atoms with Crippen LogP contribution in [0.15, 0.2) is 47.3 Å². The number of rotatable bonds is 11. The van der Waals surface area contributed by atoms with Gasteiger partial charge in [-0.05, 0) is 71.2 Å². The number of aliphatic hydroxyl groups excluding tert-OH is 1. The molecule has 0 rings (SSSR count). The number of hydrogen-bond acceptors (Lipinski definition) is 3. The van der Waals surface area contributed by atoms with Crippen LogP contribution in [0.25, 0.3) is 0 Å². The average Bonchev–Trinajstić information content (AvgIpc) is 2.62. The van der Waals surface area contributed by atoms with Gasteiger partial charge in [0.2, 0.25) is 5.91 Å². The number of nitrogens with zero attached hydrogens (tertiary/aromatic N) is 1. The molecule has 0 radical (unpaired) electrons. The number of allylic oxidation sites excluding steroid dienone is 4. The van der Waals surface area contributed by atoms with Crippen LogP contribution < -0.4 is 5.32 Å². The lowest BCUT2D eigenvalue weighted by atomic mass is 9.98. The van der Waals surface area contributed by atoms with E-state index < -0.39 is 0 Å². The van der Waals surface area contributed by atoms with Gasteiger partial charge in [-0.25, -0.2) is 0 Å². The summed E-state index contributed by atoms with van der Waals surface area (Å²) in [6.45, 7) is 13.7. The standard InChI is InChI=1S/C22H38N2O2/c1-8-11-20(15-23-22(26)17(4)10-3)16-24(7)19(6)21(12-9-2)18(5)13-14-25/h9-10,12-14,19-20,25H,8,11,15-16H2,1-7H3,(H,23,26)/b12-9-,14-13+,17-10+,21-18+. The summed E-state index contributed by atoms with van der Waals surface area (Å²) < 4.78 is 0. The van der Waals surface area contributed by atoms with Crippen LogP contribution >= 0.6 is 0 Å². The maximum Gasteiger partial charge on any atom is 0.246 e. The van der Waals surface area contributed by atoms with Gasteiger partial charge in [-0.15, -0.1) is 0 Å². The van der Waals surface area contributed by atoms with E-state index in [9.17, 15) is 4.79 Å². The van der Waals surface area contributed by atoms with Crippen LogP contribution in [0.3, 0.4) is 0 Å². The molecule has 148 valence electrons. The zero-order valence-electron chi connectivity index (χ0n) is 17.7. The Kier molecular flexibility index (Phi) is 12.5. The summed E-state index contributed by atoms with van der Waals surface area (Å²) in [7, 11) is 2.12. The molecule has 0 aromatic carbocycles. The van der Waals surface area contributed by atoms with Gasteiger partial charge >= 0.3 is 0 Å². The first kappa shape index (κ1) is 24.2. The molecular weight excluding hydrogens is 324 g/mol. The Labute approximate surface area is 160 Å². The molecule has 0 heterocycles. The molecule has 1 amide bonds. The highest BCUT2D eigenvalue weighted by Crippen LogP contribution is 2.19. The predicted octanol–water partition coefficient (Wildman–Crippen LogP) is 4.77. The molecule has 0 spiro atoms. The van der Waals surface area contributed by atoms with Gasteiger partial charge in [-0.2, -0.15) is 0 Å². The summed E-state index contributed by atoms with van der Waals surface area (Å²) in [5.74, 6) is 0.421. The molecule has 0 saturated heterocycles. The summed E-state index contributed by atoms with van der Waals surface area (Å²) in [6, 6.07) is 0.217. The molecule has 0 aliphatic carbocycles. The number of nitrogens with one attached hydrogen (secondary N) is 1. The normalized spacial score (nSPS) is 16.2. The van der Waals surface area contributed by atoms with Gasteiger partial charge < -0.3 is 10.4 Å². The van der Waals surface area contributed by atoms with Crippen molar-refractivity contribution in [2.75, 3.05) is 20.1 Å². The minimum absolute atomic E-state index is 0.0164. The van der Waals surface area contributed by atoms with Crippen molar-refractivity contribution >= 4 is 5.91 Å². The summed E-state index contributed by atoms with van der Waals surface area (Å²) in [5, 5.41) is 12.1. The third-order valence-electron chi connectivity index (χ3n) is 4.82. The third kappa shape index (κ3) is 8.52. The van der Waals surface area contributed by atoms with E-state index in [1.54, 1.807) is 6.08 Å². The van der Waals surface area contributed by atoms with E-state index in [1.807, 2.05) is 39.8 Å². The number of aliphatic hydroxyl groups is 1. The van der Waals surface area contributed by atoms with Crippen molar-refractivity contribution in [1.82, 2.24) is 10.2 Å². The Morgan fingerprint density at radius 2 is 1.88 bits per heavy atom. The molecule has 0 saturated carbocycles. The topological polar surface area (TPSA) is 52.6 Å². The minimum atomic E-state index is 0.0164. The lowest BCUT2D eigenvalue weighted by molar-refractivity contribution is -0.117. The number of amides is 1. The first-order valence-electron chi connectivity index (χ1n) is 9.57. The molecule has 2 N–H and O–H groups in total. The summed E-state index contributed by atoms with van der Waals surface area (Å²) in [4.78, 5) is 14.3. The van der Waals surface area contributed by atoms with Gasteiger partial charge in [0.25, 0.3) is 0 Å². The monoisotopic (exact) mass is 362 g/mol. The van der Waals surface area contributed by atoms with Crippen LogP contribution in [0, 0.1) is 5.92 Å². The zero-order valence-corrected chi connectivity index (χ0v) is 17.7. The molecule has 4 heteroatoms. The molecule has 26 heavy (non-hydrogen) atoms. The second-order valence-corrected chi connectivity index (χ2v) is 6.91. The maximum absolute atomic E-state index is 12.0. The first-order chi connectivity index (χ1) is 12.3. The fourth-order valence-electron chi connectivity index (χ4n) is 2.96. The highest BCUT2D eigenvalue weighted by Gasteiger charge is 2.19. The quantitative estimate of drug-likeness (QED) is 0.316. The van der Waals surface area contributed by atoms with E-state index in [2.05, 4.69) is 37.2 Å². The molecule has 0 aromatic rings. The minimum Gasteiger partial charge on any atom is -0.516 e. The van der Waals surface area contributed by atoms with Crippen molar-refractivity contribution in [3.05, 3.63) is 47.3 Å². The van der Waals surface area contributed by atoms with Crippen LogP contribution in [-0.2, 0) is 4.79 Å². The van der Waals surface area contributed by atoms with E-state index in [1.165, 1.54) is 5.57 Å². The van der Waals surface area contributed by atoms with Crippen LogP contribution in [0.2, 0.25) is 0 Å². The molecule has 0 aromatic heterocycles. The molecular formula is C22H38N2O2. The van der Waals surface area contributed by atoms with E-state index in [4.69, 9.17) is 5.11 Å². The average molecular weight is 363 g/mol. The van der Waals surface area contributed by atoms with Crippen molar-refractivity contribution in [3.8, 4) is 0 Å². The third-order valence-corrected chi connectivity index (χ3v) is 4.82. The smallest absolute Gasteiger partial charge is 0.246 e. The van der Waals surface area contributed by atoms with Gasteiger partial charge in [0.05, 0.1) is 6.26 Å². The highest BCUT2D eigenvalue weighted by molar-refractivity contribution is 5.92.